The van der Waals surface area contributed by atoms with Crippen molar-refractivity contribution in [1.82, 2.24) is 4.68 Å². The summed E-state index contributed by atoms with van der Waals surface area (Å²) in [5.41, 5.74) is 3.52. The Labute approximate surface area is 145 Å². The van der Waals surface area contributed by atoms with E-state index in [0.29, 0.717) is 6.54 Å². The SMILES string of the molecule is C=C(C)CN=c1scc(-c2cccs2)n1N=C1CCCC(C)C1. The number of rotatable bonds is 4. The van der Waals surface area contributed by atoms with E-state index < -0.39 is 0 Å². The van der Waals surface area contributed by atoms with Crippen LogP contribution >= 0.6 is 22.7 Å². The van der Waals surface area contributed by atoms with Crippen molar-refractivity contribution in [3.8, 4) is 10.6 Å². The lowest BCUT2D eigenvalue weighted by Crippen LogP contribution is -2.18. The first-order valence-corrected chi connectivity index (χ1v) is 9.85. The van der Waals surface area contributed by atoms with Crippen molar-refractivity contribution in [3.63, 3.8) is 0 Å². The molecule has 0 radical (unpaired) electrons. The summed E-state index contributed by atoms with van der Waals surface area (Å²) >= 11 is 3.41. The van der Waals surface area contributed by atoms with Gasteiger partial charge >= 0.3 is 0 Å². The molecule has 122 valence electrons. The minimum atomic E-state index is 0.658. The van der Waals surface area contributed by atoms with Gasteiger partial charge in [0.25, 0.3) is 0 Å². The van der Waals surface area contributed by atoms with Gasteiger partial charge in [-0.05, 0) is 50.0 Å². The number of nitrogens with zero attached hydrogens (tertiary/aromatic N) is 3. The Morgan fingerprint density at radius 3 is 3.00 bits per heavy atom. The Balaban J connectivity index is 2.04. The maximum absolute atomic E-state index is 4.99. The molecule has 1 aliphatic carbocycles. The van der Waals surface area contributed by atoms with Crippen molar-refractivity contribution in [2.75, 3.05) is 6.54 Å². The van der Waals surface area contributed by atoms with E-state index in [1.54, 1.807) is 22.7 Å². The topological polar surface area (TPSA) is 29.6 Å². The highest BCUT2D eigenvalue weighted by Gasteiger charge is 2.16. The van der Waals surface area contributed by atoms with Crippen LogP contribution in [0.3, 0.4) is 0 Å². The summed E-state index contributed by atoms with van der Waals surface area (Å²) in [5, 5.41) is 9.26. The molecule has 0 spiro atoms. The zero-order chi connectivity index (χ0) is 16.2. The lowest BCUT2D eigenvalue weighted by atomic mass is 9.89. The van der Waals surface area contributed by atoms with Crippen molar-refractivity contribution in [2.24, 2.45) is 16.0 Å². The first kappa shape index (κ1) is 16.4. The van der Waals surface area contributed by atoms with Gasteiger partial charge in [-0.15, -0.1) is 22.7 Å². The van der Waals surface area contributed by atoms with Crippen LogP contribution in [0.5, 0.6) is 0 Å². The molecule has 2 heterocycles. The second kappa shape index (κ2) is 7.41. The van der Waals surface area contributed by atoms with Crippen LogP contribution in [0.15, 0.2) is 45.1 Å². The van der Waals surface area contributed by atoms with Gasteiger partial charge in [-0.25, -0.2) is 4.68 Å². The van der Waals surface area contributed by atoms with Crippen molar-refractivity contribution in [3.05, 3.63) is 39.8 Å². The molecule has 1 saturated carbocycles. The Bertz CT molecular complexity index is 763. The molecule has 2 aromatic heterocycles. The molecule has 2 aromatic rings. The maximum atomic E-state index is 4.99. The second-order valence-electron chi connectivity index (χ2n) is 6.33. The van der Waals surface area contributed by atoms with E-state index in [1.165, 1.54) is 23.4 Å². The fourth-order valence-electron chi connectivity index (χ4n) is 2.79. The van der Waals surface area contributed by atoms with Gasteiger partial charge in [-0.2, -0.15) is 5.10 Å². The molecular formula is C18H23N3S2. The molecule has 1 aliphatic rings. The number of thiazole rings is 1. The Morgan fingerprint density at radius 2 is 2.30 bits per heavy atom. The van der Waals surface area contributed by atoms with Crippen LogP contribution in [0, 0.1) is 5.92 Å². The summed E-state index contributed by atoms with van der Waals surface area (Å²) in [7, 11) is 0. The van der Waals surface area contributed by atoms with Crippen LogP contribution in [0.25, 0.3) is 10.6 Å². The highest BCUT2D eigenvalue weighted by molar-refractivity contribution is 7.14. The quantitative estimate of drug-likeness (QED) is 0.684. The molecule has 0 aromatic carbocycles. The average Bonchev–Trinajstić information content (AvgIpc) is 3.14. The van der Waals surface area contributed by atoms with Crippen molar-refractivity contribution < 1.29 is 0 Å². The summed E-state index contributed by atoms with van der Waals surface area (Å²) in [6, 6.07) is 4.23. The largest absolute Gasteiger partial charge is 0.253 e. The molecule has 0 N–H and O–H groups in total. The third-order valence-corrected chi connectivity index (χ3v) is 5.68. The maximum Gasteiger partial charge on any atom is 0.206 e. The molecule has 0 aliphatic heterocycles. The molecule has 1 atom stereocenters. The highest BCUT2D eigenvalue weighted by Crippen LogP contribution is 2.26. The highest BCUT2D eigenvalue weighted by atomic mass is 32.1. The average molecular weight is 346 g/mol. The van der Waals surface area contributed by atoms with E-state index >= 15 is 0 Å². The predicted molar refractivity (Wildman–Crippen MR) is 101 cm³/mol. The van der Waals surface area contributed by atoms with Gasteiger partial charge in [0, 0.05) is 11.1 Å². The fraction of sp³-hybridized carbons (Fsp3) is 0.444. The van der Waals surface area contributed by atoms with Gasteiger partial charge in [0.2, 0.25) is 4.80 Å². The zero-order valence-corrected chi connectivity index (χ0v) is 15.4. The molecule has 23 heavy (non-hydrogen) atoms. The van der Waals surface area contributed by atoms with E-state index in [-0.39, 0.29) is 0 Å². The van der Waals surface area contributed by atoms with E-state index in [4.69, 9.17) is 10.1 Å². The predicted octanol–water partition coefficient (Wildman–Crippen LogP) is 5.17. The fourth-order valence-corrected chi connectivity index (χ4v) is 4.42. The van der Waals surface area contributed by atoms with E-state index in [0.717, 1.165) is 34.8 Å². The van der Waals surface area contributed by atoms with E-state index in [2.05, 4.69) is 36.4 Å². The molecule has 0 saturated heterocycles. The summed E-state index contributed by atoms with van der Waals surface area (Å²) in [4.78, 5) is 6.90. The van der Waals surface area contributed by atoms with Crippen LogP contribution in [-0.2, 0) is 0 Å². The Morgan fingerprint density at radius 1 is 1.43 bits per heavy atom. The third-order valence-electron chi connectivity index (χ3n) is 3.93. The van der Waals surface area contributed by atoms with Crippen LogP contribution in [-0.4, -0.2) is 16.9 Å². The number of aromatic nitrogens is 1. The number of hydrogen-bond acceptors (Lipinski definition) is 4. The molecule has 0 amide bonds. The van der Waals surface area contributed by atoms with Crippen molar-refractivity contribution >= 4 is 28.4 Å². The lowest BCUT2D eigenvalue weighted by Gasteiger charge is -2.19. The molecule has 1 unspecified atom stereocenters. The first-order chi connectivity index (χ1) is 11.1. The monoisotopic (exact) mass is 345 g/mol. The summed E-state index contributed by atoms with van der Waals surface area (Å²) in [6.45, 7) is 8.94. The summed E-state index contributed by atoms with van der Waals surface area (Å²) in [6.07, 6.45) is 4.78. The Hall–Kier alpha value is -1.46. The smallest absolute Gasteiger partial charge is 0.206 e. The molecular weight excluding hydrogens is 322 g/mol. The van der Waals surface area contributed by atoms with Gasteiger partial charge in [0.1, 0.15) is 0 Å². The minimum absolute atomic E-state index is 0.658. The molecule has 3 rings (SSSR count). The van der Waals surface area contributed by atoms with E-state index in [1.807, 2.05) is 11.6 Å². The van der Waals surface area contributed by atoms with Gasteiger partial charge in [-0.1, -0.05) is 25.1 Å². The lowest BCUT2D eigenvalue weighted by molar-refractivity contribution is 0.497. The number of hydrogen-bond donors (Lipinski definition) is 0. The van der Waals surface area contributed by atoms with Gasteiger partial charge < -0.3 is 0 Å². The molecule has 0 bridgehead atoms. The molecule has 1 fully saturated rings. The number of thiophene rings is 1. The summed E-state index contributed by atoms with van der Waals surface area (Å²) in [5.74, 6) is 0.739. The third kappa shape index (κ3) is 4.09. The molecule has 5 heteroatoms. The van der Waals surface area contributed by atoms with Crippen LogP contribution in [0.2, 0.25) is 0 Å². The van der Waals surface area contributed by atoms with Crippen LogP contribution in [0.1, 0.15) is 39.5 Å². The Kier molecular flexibility index (Phi) is 5.28. The van der Waals surface area contributed by atoms with Gasteiger partial charge in [-0.3, -0.25) is 4.99 Å². The minimum Gasteiger partial charge on any atom is -0.253 e. The zero-order valence-electron chi connectivity index (χ0n) is 13.8. The second-order valence-corrected chi connectivity index (χ2v) is 8.12. The van der Waals surface area contributed by atoms with Gasteiger partial charge in [0.05, 0.1) is 17.1 Å². The first-order valence-electron chi connectivity index (χ1n) is 8.09. The van der Waals surface area contributed by atoms with Crippen LogP contribution in [0.4, 0.5) is 0 Å². The van der Waals surface area contributed by atoms with Crippen LogP contribution < -0.4 is 4.80 Å². The molecule has 3 nitrogen and oxygen atoms in total. The normalized spacial score (nSPS) is 21.0. The van der Waals surface area contributed by atoms with E-state index in [9.17, 15) is 0 Å². The van der Waals surface area contributed by atoms with Gasteiger partial charge in [0.15, 0.2) is 0 Å². The summed E-state index contributed by atoms with van der Waals surface area (Å²) < 4.78 is 2.05. The standard InChI is InChI=1S/C18H23N3S2/c1-13(2)11-19-18-21(20-15-7-4-6-14(3)10-15)16(12-23-18)17-8-5-9-22-17/h5,8-9,12,14H,1,4,6-7,10-11H2,2-3H3. The van der Waals surface area contributed by atoms with Crippen molar-refractivity contribution in [1.29, 1.82) is 0 Å². The van der Waals surface area contributed by atoms with Crippen molar-refractivity contribution in [2.45, 2.75) is 39.5 Å².